The second kappa shape index (κ2) is 8.45. The van der Waals surface area contributed by atoms with Gasteiger partial charge >= 0.3 is 6.61 Å². The van der Waals surface area contributed by atoms with Gasteiger partial charge in [0.25, 0.3) is 0 Å². The van der Waals surface area contributed by atoms with E-state index in [-0.39, 0.29) is 17.9 Å². The van der Waals surface area contributed by atoms with Gasteiger partial charge in [0, 0.05) is 12.6 Å². The van der Waals surface area contributed by atoms with E-state index in [1.54, 1.807) is 19.1 Å². The van der Waals surface area contributed by atoms with Crippen molar-refractivity contribution in [3.63, 3.8) is 0 Å². The molecule has 1 N–H and O–H groups in total. The van der Waals surface area contributed by atoms with E-state index >= 15 is 0 Å². The molecule has 1 fully saturated rings. The average molecular weight is 329 g/mol. The van der Waals surface area contributed by atoms with Crippen molar-refractivity contribution >= 4 is 0 Å². The summed E-state index contributed by atoms with van der Waals surface area (Å²) in [7, 11) is 0. The Bertz CT molecular complexity index is 497. The maximum atomic E-state index is 12.4. The van der Waals surface area contributed by atoms with Crippen LogP contribution in [-0.2, 0) is 6.54 Å². The summed E-state index contributed by atoms with van der Waals surface area (Å²) in [4.78, 5) is 2.24. The number of piperidine rings is 1. The molecule has 1 aliphatic rings. The van der Waals surface area contributed by atoms with Gasteiger partial charge in [0.1, 0.15) is 0 Å². The third kappa shape index (κ3) is 5.04. The van der Waals surface area contributed by atoms with E-state index in [2.05, 4.69) is 9.64 Å². The maximum Gasteiger partial charge on any atom is 0.387 e. The van der Waals surface area contributed by atoms with Gasteiger partial charge in [-0.25, -0.2) is 0 Å². The highest BCUT2D eigenvalue weighted by Gasteiger charge is 2.26. The van der Waals surface area contributed by atoms with Gasteiger partial charge in [-0.15, -0.1) is 0 Å². The number of alkyl halides is 2. The van der Waals surface area contributed by atoms with Crippen molar-refractivity contribution in [3.05, 3.63) is 23.8 Å². The normalized spacial score (nSPS) is 20.5. The molecule has 23 heavy (non-hydrogen) atoms. The minimum absolute atomic E-state index is 0.0521. The molecule has 1 aromatic rings. The lowest BCUT2D eigenvalue weighted by Crippen LogP contribution is -2.45. The fraction of sp³-hybridized carbons (Fsp3) is 0.647. The minimum atomic E-state index is -2.87. The van der Waals surface area contributed by atoms with Gasteiger partial charge < -0.3 is 14.6 Å². The molecule has 1 aromatic carbocycles. The zero-order valence-electron chi connectivity index (χ0n) is 13.7. The average Bonchev–Trinajstić information content (AvgIpc) is 2.50. The van der Waals surface area contributed by atoms with Crippen molar-refractivity contribution in [2.24, 2.45) is 0 Å². The van der Waals surface area contributed by atoms with Crippen molar-refractivity contribution in [2.45, 2.75) is 58.4 Å². The molecule has 2 rings (SSSR count). The van der Waals surface area contributed by atoms with Crippen molar-refractivity contribution in [2.75, 3.05) is 13.2 Å². The van der Waals surface area contributed by atoms with Gasteiger partial charge in [-0.2, -0.15) is 8.78 Å². The highest BCUT2D eigenvalue weighted by atomic mass is 19.3. The molecule has 0 spiro atoms. The number of benzene rings is 1. The molecule has 4 nitrogen and oxygen atoms in total. The Balaban J connectivity index is 2.14. The summed E-state index contributed by atoms with van der Waals surface area (Å²) in [5.74, 6) is 0.382. The molecular formula is C17H25F2NO3. The zero-order chi connectivity index (χ0) is 16.8. The summed E-state index contributed by atoms with van der Waals surface area (Å²) in [6, 6.07) is 5.17. The molecule has 0 aliphatic carbocycles. The SMILES string of the molecule is CCOc1cc(CN2CCCCC2C(C)O)ccc1OC(F)F. The van der Waals surface area contributed by atoms with Crippen LogP contribution >= 0.6 is 0 Å². The number of halogens is 2. The van der Waals surface area contributed by atoms with Crippen LogP contribution < -0.4 is 9.47 Å². The Labute approximate surface area is 136 Å². The minimum Gasteiger partial charge on any atom is -0.490 e. The molecule has 2 atom stereocenters. The molecule has 1 aliphatic heterocycles. The molecule has 1 saturated heterocycles. The Morgan fingerprint density at radius 1 is 1.30 bits per heavy atom. The molecule has 130 valence electrons. The predicted octanol–water partition coefficient (Wildman–Crippen LogP) is 3.42. The van der Waals surface area contributed by atoms with Gasteiger partial charge in [0.15, 0.2) is 11.5 Å². The highest BCUT2D eigenvalue weighted by Crippen LogP contribution is 2.31. The smallest absolute Gasteiger partial charge is 0.387 e. The summed E-state index contributed by atoms with van der Waals surface area (Å²) in [5, 5.41) is 9.94. The van der Waals surface area contributed by atoms with E-state index in [1.807, 2.05) is 6.92 Å². The van der Waals surface area contributed by atoms with Crippen LogP contribution in [0.25, 0.3) is 0 Å². The summed E-state index contributed by atoms with van der Waals surface area (Å²) in [5.41, 5.74) is 0.961. The first kappa shape index (κ1) is 17.9. The largest absolute Gasteiger partial charge is 0.490 e. The Morgan fingerprint density at radius 2 is 2.09 bits per heavy atom. The Hall–Kier alpha value is -1.40. The standard InChI is InChI=1S/C17H25F2NO3/c1-3-22-16-10-13(7-8-15(16)23-17(18)19)11-20-9-5-4-6-14(20)12(2)21/h7-8,10,12,14,17,21H,3-6,9,11H2,1-2H3. The fourth-order valence-corrected chi connectivity index (χ4v) is 3.11. The fourth-order valence-electron chi connectivity index (χ4n) is 3.11. The molecule has 0 saturated carbocycles. The molecular weight excluding hydrogens is 304 g/mol. The Kier molecular flexibility index (Phi) is 6.59. The molecule has 6 heteroatoms. The van der Waals surface area contributed by atoms with Crippen molar-refractivity contribution in [1.29, 1.82) is 0 Å². The number of rotatable bonds is 7. The lowest BCUT2D eigenvalue weighted by atomic mass is 9.97. The van der Waals surface area contributed by atoms with E-state index in [0.29, 0.717) is 18.9 Å². The van der Waals surface area contributed by atoms with Crippen molar-refractivity contribution in [3.8, 4) is 11.5 Å². The number of hydrogen-bond acceptors (Lipinski definition) is 4. The van der Waals surface area contributed by atoms with E-state index in [0.717, 1.165) is 31.4 Å². The van der Waals surface area contributed by atoms with Gasteiger partial charge in [0.05, 0.1) is 12.7 Å². The van der Waals surface area contributed by atoms with E-state index in [1.165, 1.54) is 6.07 Å². The van der Waals surface area contributed by atoms with Crippen molar-refractivity contribution < 1.29 is 23.4 Å². The number of ether oxygens (including phenoxy) is 2. The number of aliphatic hydroxyl groups excluding tert-OH is 1. The van der Waals surface area contributed by atoms with Crippen LogP contribution in [0, 0.1) is 0 Å². The van der Waals surface area contributed by atoms with Crippen LogP contribution in [0.15, 0.2) is 18.2 Å². The third-order valence-corrected chi connectivity index (χ3v) is 4.13. The first-order valence-corrected chi connectivity index (χ1v) is 8.14. The van der Waals surface area contributed by atoms with Crippen LogP contribution in [0.1, 0.15) is 38.7 Å². The number of aliphatic hydroxyl groups is 1. The maximum absolute atomic E-state index is 12.4. The summed E-state index contributed by atoms with van der Waals surface area (Å²) >= 11 is 0. The second-order valence-electron chi connectivity index (χ2n) is 5.87. The van der Waals surface area contributed by atoms with Gasteiger partial charge in [-0.1, -0.05) is 12.5 Å². The van der Waals surface area contributed by atoms with Gasteiger partial charge in [-0.3, -0.25) is 4.90 Å². The molecule has 0 aromatic heterocycles. The van der Waals surface area contributed by atoms with E-state index < -0.39 is 6.61 Å². The van der Waals surface area contributed by atoms with Crippen LogP contribution in [0.4, 0.5) is 8.78 Å². The van der Waals surface area contributed by atoms with Crippen LogP contribution in [-0.4, -0.2) is 41.9 Å². The summed E-state index contributed by atoms with van der Waals surface area (Å²) < 4.78 is 34.8. The summed E-state index contributed by atoms with van der Waals surface area (Å²) in [6.45, 7) is 2.70. The zero-order valence-corrected chi connectivity index (χ0v) is 13.7. The monoisotopic (exact) mass is 329 g/mol. The van der Waals surface area contributed by atoms with E-state index in [9.17, 15) is 13.9 Å². The molecule has 2 unspecified atom stereocenters. The van der Waals surface area contributed by atoms with Crippen LogP contribution in [0.3, 0.4) is 0 Å². The second-order valence-corrected chi connectivity index (χ2v) is 5.87. The number of likely N-dealkylation sites (tertiary alicyclic amines) is 1. The van der Waals surface area contributed by atoms with Gasteiger partial charge in [0.2, 0.25) is 0 Å². The third-order valence-electron chi connectivity index (χ3n) is 4.13. The first-order valence-electron chi connectivity index (χ1n) is 8.14. The molecule has 1 heterocycles. The lowest BCUT2D eigenvalue weighted by molar-refractivity contribution is -0.0514. The van der Waals surface area contributed by atoms with Gasteiger partial charge in [-0.05, 0) is 50.9 Å². The highest BCUT2D eigenvalue weighted by molar-refractivity contribution is 5.43. The molecule has 0 bridgehead atoms. The lowest BCUT2D eigenvalue weighted by Gasteiger charge is -2.37. The Morgan fingerprint density at radius 3 is 2.74 bits per heavy atom. The first-order chi connectivity index (χ1) is 11.0. The summed E-state index contributed by atoms with van der Waals surface area (Å²) in [6.07, 6.45) is 2.82. The number of nitrogens with zero attached hydrogens (tertiary/aromatic N) is 1. The number of hydrogen-bond donors (Lipinski definition) is 1. The topological polar surface area (TPSA) is 41.9 Å². The molecule has 0 amide bonds. The quantitative estimate of drug-likeness (QED) is 0.832. The predicted molar refractivity (Wildman–Crippen MR) is 84.0 cm³/mol. The van der Waals surface area contributed by atoms with Crippen LogP contribution in [0.2, 0.25) is 0 Å². The van der Waals surface area contributed by atoms with Crippen LogP contribution in [0.5, 0.6) is 11.5 Å². The molecule has 0 radical (unpaired) electrons. The van der Waals surface area contributed by atoms with Crippen molar-refractivity contribution in [1.82, 2.24) is 4.90 Å². The van der Waals surface area contributed by atoms with E-state index in [4.69, 9.17) is 4.74 Å².